The molecule has 1 rings (SSSR count). The minimum atomic E-state index is -1.65. The van der Waals surface area contributed by atoms with Gasteiger partial charge in [-0.15, -0.1) is 0 Å². The SMILES string of the molecule is NC(C(=O)O)C(F)c1ccccc1. The summed E-state index contributed by atoms with van der Waals surface area (Å²) in [5.74, 6) is -1.34. The van der Waals surface area contributed by atoms with Crippen LogP contribution in [0.3, 0.4) is 0 Å². The third-order valence-corrected chi connectivity index (χ3v) is 1.72. The fourth-order valence-electron chi connectivity index (χ4n) is 0.969. The van der Waals surface area contributed by atoms with Gasteiger partial charge >= 0.3 is 5.97 Å². The van der Waals surface area contributed by atoms with E-state index in [1.807, 2.05) is 0 Å². The molecule has 0 bridgehead atoms. The third kappa shape index (κ3) is 2.26. The zero-order valence-electron chi connectivity index (χ0n) is 6.85. The van der Waals surface area contributed by atoms with Crippen LogP contribution in [0.25, 0.3) is 0 Å². The van der Waals surface area contributed by atoms with Crippen molar-refractivity contribution in [2.24, 2.45) is 5.73 Å². The van der Waals surface area contributed by atoms with E-state index >= 15 is 0 Å². The third-order valence-electron chi connectivity index (χ3n) is 1.72. The van der Waals surface area contributed by atoms with Gasteiger partial charge in [0.1, 0.15) is 6.04 Å². The van der Waals surface area contributed by atoms with Crippen molar-refractivity contribution in [2.75, 3.05) is 0 Å². The summed E-state index contributed by atoms with van der Waals surface area (Å²) in [6.45, 7) is 0. The van der Waals surface area contributed by atoms with E-state index in [2.05, 4.69) is 0 Å². The van der Waals surface area contributed by atoms with Crippen LogP contribution in [0.1, 0.15) is 11.7 Å². The molecule has 0 radical (unpaired) electrons. The molecular weight excluding hydrogens is 173 g/mol. The van der Waals surface area contributed by atoms with Crippen molar-refractivity contribution in [3.05, 3.63) is 35.9 Å². The quantitative estimate of drug-likeness (QED) is 0.737. The maximum atomic E-state index is 13.3. The largest absolute Gasteiger partial charge is 0.480 e. The Balaban J connectivity index is 2.79. The molecule has 0 saturated heterocycles. The fourth-order valence-corrected chi connectivity index (χ4v) is 0.969. The lowest BCUT2D eigenvalue weighted by Gasteiger charge is -2.12. The summed E-state index contributed by atoms with van der Waals surface area (Å²) in [5, 5.41) is 8.45. The standard InChI is InChI=1S/C9H10FNO2/c10-7(8(11)9(12)13)6-4-2-1-3-5-6/h1-5,7-8H,11H2,(H,12,13). The fraction of sp³-hybridized carbons (Fsp3) is 0.222. The Kier molecular flexibility index (Phi) is 2.97. The number of hydrogen-bond acceptors (Lipinski definition) is 2. The first-order valence-electron chi connectivity index (χ1n) is 3.80. The number of carbonyl (C=O) groups is 1. The topological polar surface area (TPSA) is 63.3 Å². The first kappa shape index (κ1) is 9.67. The maximum absolute atomic E-state index is 13.3. The Morgan fingerprint density at radius 3 is 2.38 bits per heavy atom. The summed E-state index contributed by atoms with van der Waals surface area (Å²) in [5.41, 5.74) is 5.41. The van der Waals surface area contributed by atoms with Crippen LogP contribution in [0.4, 0.5) is 4.39 Å². The molecule has 3 nitrogen and oxygen atoms in total. The molecule has 0 aliphatic carbocycles. The highest BCUT2D eigenvalue weighted by Gasteiger charge is 2.24. The Morgan fingerprint density at radius 1 is 1.38 bits per heavy atom. The molecule has 0 heterocycles. The summed E-state index contributed by atoms with van der Waals surface area (Å²) in [7, 11) is 0. The van der Waals surface area contributed by atoms with Gasteiger partial charge in [-0.3, -0.25) is 4.79 Å². The van der Waals surface area contributed by atoms with Crippen LogP contribution in [0, 0.1) is 0 Å². The summed E-state index contributed by atoms with van der Waals surface area (Å²) in [4.78, 5) is 10.3. The Bertz CT molecular complexity index is 289. The van der Waals surface area contributed by atoms with Crippen LogP contribution >= 0.6 is 0 Å². The van der Waals surface area contributed by atoms with Crippen molar-refractivity contribution in [1.82, 2.24) is 0 Å². The highest BCUT2D eigenvalue weighted by Crippen LogP contribution is 2.19. The van der Waals surface area contributed by atoms with Gasteiger partial charge in [-0.1, -0.05) is 30.3 Å². The molecular formula is C9H10FNO2. The van der Waals surface area contributed by atoms with Crippen molar-refractivity contribution in [3.8, 4) is 0 Å². The number of nitrogens with two attached hydrogens (primary N) is 1. The molecule has 0 aliphatic rings. The Labute approximate surface area is 75.0 Å². The van der Waals surface area contributed by atoms with E-state index in [0.29, 0.717) is 0 Å². The number of aliphatic carboxylic acids is 1. The highest BCUT2D eigenvalue weighted by atomic mass is 19.1. The molecule has 0 aliphatic heterocycles. The van der Waals surface area contributed by atoms with Crippen molar-refractivity contribution in [1.29, 1.82) is 0 Å². The molecule has 0 fully saturated rings. The van der Waals surface area contributed by atoms with Gasteiger partial charge in [0.05, 0.1) is 0 Å². The van der Waals surface area contributed by atoms with Crippen molar-refractivity contribution in [3.63, 3.8) is 0 Å². The predicted octanol–water partition coefficient (Wildman–Crippen LogP) is 1.11. The maximum Gasteiger partial charge on any atom is 0.323 e. The van der Waals surface area contributed by atoms with Gasteiger partial charge in [0.2, 0.25) is 0 Å². The highest BCUT2D eigenvalue weighted by molar-refractivity contribution is 5.74. The van der Waals surface area contributed by atoms with Gasteiger partial charge in [-0.2, -0.15) is 0 Å². The molecule has 70 valence electrons. The Morgan fingerprint density at radius 2 is 1.92 bits per heavy atom. The van der Waals surface area contributed by atoms with Crippen molar-refractivity contribution in [2.45, 2.75) is 12.2 Å². The van der Waals surface area contributed by atoms with Gasteiger partial charge < -0.3 is 10.8 Å². The summed E-state index contributed by atoms with van der Waals surface area (Å²) in [6, 6.07) is 6.51. The number of carboxylic acids is 1. The average molecular weight is 183 g/mol. The van der Waals surface area contributed by atoms with Gasteiger partial charge in [0.15, 0.2) is 6.17 Å². The summed E-state index contributed by atoms with van der Waals surface area (Å²) >= 11 is 0. The van der Waals surface area contributed by atoms with Crippen LogP contribution in [-0.2, 0) is 4.79 Å². The lowest BCUT2D eigenvalue weighted by atomic mass is 10.0. The van der Waals surface area contributed by atoms with Gasteiger partial charge in [0.25, 0.3) is 0 Å². The average Bonchev–Trinajstić information content (AvgIpc) is 2.17. The Hall–Kier alpha value is -1.42. The number of alkyl halides is 1. The molecule has 0 saturated carbocycles. The molecule has 13 heavy (non-hydrogen) atoms. The second-order valence-corrected chi connectivity index (χ2v) is 2.68. The number of carboxylic acid groups (broad SMARTS) is 1. The van der Waals surface area contributed by atoms with Gasteiger partial charge in [0, 0.05) is 0 Å². The monoisotopic (exact) mass is 183 g/mol. The summed E-state index contributed by atoms with van der Waals surface area (Å²) in [6.07, 6.45) is -1.65. The van der Waals surface area contributed by atoms with E-state index < -0.39 is 18.2 Å². The molecule has 2 atom stereocenters. The van der Waals surface area contributed by atoms with E-state index in [1.54, 1.807) is 18.2 Å². The van der Waals surface area contributed by atoms with Crippen molar-refractivity contribution < 1.29 is 14.3 Å². The summed E-state index contributed by atoms with van der Waals surface area (Å²) < 4.78 is 13.3. The predicted molar refractivity (Wildman–Crippen MR) is 45.9 cm³/mol. The van der Waals surface area contributed by atoms with Crippen molar-refractivity contribution >= 4 is 5.97 Å². The molecule has 1 aromatic rings. The molecule has 0 spiro atoms. The molecule has 2 unspecified atom stereocenters. The van der Waals surface area contributed by atoms with E-state index in [1.165, 1.54) is 12.1 Å². The number of rotatable bonds is 3. The zero-order chi connectivity index (χ0) is 9.84. The lowest BCUT2D eigenvalue weighted by molar-refractivity contribution is -0.140. The molecule has 0 amide bonds. The number of benzene rings is 1. The number of hydrogen-bond donors (Lipinski definition) is 2. The smallest absolute Gasteiger partial charge is 0.323 e. The molecule has 3 N–H and O–H groups in total. The minimum absolute atomic E-state index is 0.289. The van der Waals surface area contributed by atoms with Crippen LogP contribution in [-0.4, -0.2) is 17.1 Å². The van der Waals surface area contributed by atoms with Gasteiger partial charge in [-0.25, -0.2) is 4.39 Å². The normalized spacial score (nSPS) is 14.9. The molecule has 1 aromatic carbocycles. The molecule has 4 heteroatoms. The zero-order valence-corrected chi connectivity index (χ0v) is 6.85. The first-order chi connectivity index (χ1) is 6.13. The van der Waals surface area contributed by atoms with Gasteiger partial charge in [-0.05, 0) is 5.56 Å². The first-order valence-corrected chi connectivity index (χ1v) is 3.80. The number of halogens is 1. The van der Waals surface area contributed by atoms with Crippen LogP contribution in [0.5, 0.6) is 0 Å². The lowest BCUT2D eigenvalue weighted by Crippen LogP contribution is -2.34. The van der Waals surface area contributed by atoms with E-state index in [0.717, 1.165) is 0 Å². The van der Waals surface area contributed by atoms with E-state index in [4.69, 9.17) is 10.8 Å². The van der Waals surface area contributed by atoms with E-state index in [9.17, 15) is 9.18 Å². The van der Waals surface area contributed by atoms with E-state index in [-0.39, 0.29) is 5.56 Å². The second kappa shape index (κ2) is 4.00. The van der Waals surface area contributed by atoms with Crippen LogP contribution in [0.2, 0.25) is 0 Å². The van der Waals surface area contributed by atoms with Crippen LogP contribution < -0.4 is 5.73 Å². The second-order valence-electron chi connectivity index (χ2n) is 2.68. The molecule has 0 aromatic heterocycles. The van der Waals surface area contributed by atoms with Crippen LogP contribution in [0.15, 0.2) is 30.3 Å². The minimum Gasteiger partial charge on any atom is -0.480 e.